The van der Waals surface area contributed by atoms with E-state index in [0.717, 1.165) is 0 Å². The molecule has 0 radical (unpaired) electrons. The van der Waals surface area contributed by atoms with Crippen molar-refractivity contribution in [2.45, 2.75) is 38.1 Å². The molecule has 2 aliphatic rings. The maximum atomic E-state index is 2.61. The number of hydrogen-bond acceptors (Lipinski definition) is 1. The molecular weight excluding hydrogens is 278 g/mol. The number of nitrogens with zero attached hydrogens (tertiary/aromatic N) is 1. The van der Waals surface area contributed by atoms with Gasteiger partial charge in [0.25, 0.3) is 0 Å². The number of fused-ring (bicyclic) bond motifs is 2. The van der Waals surface area contributed by atoms with Gasteiger partial charge in [-0.25, -0.2) is 0 Å². The van der Waals surface area contributed by atoms with E-state index in [1.165, 1.54) is 42.6 Å². The fourth-order valence-corrected chi connectivity index (χ4v) is 4.29. The summed E-state index contributed by atoms with van der Waals surface area (Å²) in [5.41, 5.74) is 6.01. The van der Waals surface area contributed by atoms with Crippen LogP contribution in [0.2, 0.25) is 0 Å². The molecule has 0 atom stereocenters. The molecule has 1 saturated heterocycles. The fraction of sp³-hybridized carbons (Fsp3) is 0.364. The highest BCUT2D eigenvalue weighted by atomic mass is 15.2. The first-order valence-corrected chi connectivity index (χ1v) is 8.82. The van der Waals surface area contributed by atoms with Gasteiger partial charge < -0.3 is 4.90 Å². The van der Waals surface area contributed by atoms with Crippen LogP contribution in [0.4, 0.5) is 0 Å². The summed E-state index contributed by atoms with van der Waals surface area (Å²) in [5.74, 6) is 0. The third kappa shape index (κ3) is 2.44. The molecule has 0 N–H and O–H groups in total. The van der Waals surface area contributed by atoms with E-state index in [1.54, 1.807) is 5.56 Å². The highest BCUT2D eigenvalue weighted by Gasteiger charge is 2.40. The maximum absolute atomic E-state index is 2.61. The quantitative estimate of drug-likeness (QED) is 0.764. The van der Waals surface area contributed by atoms with Crippen LogP contribution in [-0.2, 0) is 5.41 Å². The maximum Gasteiger partial charge on any atom is 0.0172 e. The highest BCUT2D eigenvalue weighted by Crippen LogP contribution is 2.48. The summed E-state index contributed by atoms with van der Waals surface area (Å²) in [6.07, 6.45) is 5.04. The average molecular weight is 303 g/mol. The van der Waals surface area contributed by atoms with Crippen LogP contribution in [-0.4, -0.2) is 24.0 Å². The van der Waals surface area contributed by atoms with Gasteiger partial charge in [-0.1, -0.05) is 60.7 Å². The Morgan fingerprint density at radius 3 is 2.22 bits per heavy atom. The first-order valence-electron chi connectivity index (χ1n) is 8.82. The van der Waals surface area contributed by atoms with Crippen molar-refractivity contribution in [3.05, 3.63) is 77.4 Å². The van der Waals surface area contributed by atoms with Gasteiger partial charge in [0.1, 0.15) is 0 Å². The van der Waals surface area contributed by atoms with E-state index in [4.69, 9.17) is 0 Å². The molecule has 2 aromatic carbocycles. The summed E-state index contributed by atoms with van der Waals surface area (Å²) < 4.78 is 0. The monoisotopic (exact) mass is 303 g/mol. The van der Waals surface area contributed by atoms with E-state index in [0.29, 0.717) is 6.04 Å². The Morgan fingerprint density at radius 2 is 1.52 bits per heavy atom. The van der Waals surface area contributed by atoms with Crippen molar-refractivity contribution >= 4 is 5.57 Å². The summed E-state index contributed by atoms with van der Waals surface area (Å²) in [4.78, 5) is 2.61. The second kappa shape index (κ2) is 5.65. The minimum Gasteiger partial charge on any atom is -0.301 e. The Balaban J connectivity index is 1.76. The summed E-state index contributed by atoms with van der Waals surface area (Å²) in [7, 11) is 0. The fourth-order valence-electron chi connectivity index (χ4n) is 4.29. The lowest BCUT2D eigenvalue weighted by Crippen LogP contribution is -2.44. The predicted molar refractivity (Wildman–Crippen MR) is 97.6 cm³/mol. The number of allylic oxidation sites excluding steroid dienone is 1. The lowest BCUT2D eigenvalue weighted by atomic mass is 9.74. The van der Waals surface area contributed by atoms with E-state index >= 15 is 0 Å². The Hall–Kier alpha value is -1.86. The Kier molecular flexibility index (Phi) is 3.61. The van der Waals surface area contributed by atoms with Gasteiger partial charge >= 0.3 is 0 Å². The molecule has 23 heavy (non-hydrogen) atoms. The highest BCUT2D eigenvalue weighted by molar-refractivity contribution is 5.87. The predicted octanol–water partition coefficient (Wildman–Crippen LogP) is 4.87. The zero-order chi connectivity index (χ0) is 15.9. The van der Waals surface area contributed by atoms with Crippen molar-refractivity contribution in [2.24, 2.45) is 0 Å². The van der Waals surface area contributed by atoms with Gasteiger partial charge in [0.2, 0.25) is 0 Å². The molecule has 1 heteroatoms. The van der Waals surface area contributed by atoms with Gasteiger partial charge in [-0.3, -0.25) is 0 Å². The topological polar surface area (TPSA) is 3.24 Å². The minimum absolute atomic E-state index is 0.243. The smallest absolute Gasteiger partial charge is 0.0172 e. The molecular formula is C22H25N. The van der Waals surface area contributed by atoms with E-state index in [1.807, 2.05) is 0 Å². The summed E-state index contributed by atoms with van der Waals surface area (Å²) in [5, 5.41) is 0. The Labute approximate surface area is 139 Å². The molecule has 118 valence electrons. The van der Waals surface area contributed by atoms with Crippen molar-refractivity contribution in [1.82, 2.24) is 4.90 Å². The third-order valence-electron chi connectivity index (χ3n) is 5.68. The molecule has 0 amide bonds. The van der Waals surface area contributed by atoms with Crippen LogP contribution >= 0.6 is 0 Å². The van der Waals surface area contributed by atoms with Crippen LogP contribution in [0.3, 0.4) is 0 Å². The number of benzene rings is 2. The van der Waals surface area contributed by atoms with Gasteiger partial charge in [-0.05, 0) is 62.0 Å². The van der Waals surface area contributed by atoms with Crippen LogP contribution < -0.4 is 0 Å². The summed E-state index contributed by atoms with van der Waals surface area (Å²) >= 11 is 0. The second-order valence-electron chi connectivity index (χ2n) is 7.26. The van der Waals surface area contributed by atoms with Crippen LogP contribution in [0.1, 0.15) is 43.4 Å². The third-order valence-corrected chi connectivity index (χ3v) is 5.68. The second-order valence-corrected chi connectivity index (χ2v) is 7.26. The normalized spacial score (nSPS) is 19.9. The lowest BCUT2D eigenvalue weighted by Gasteiger charge is -2.41. The SMILES string of the molecule is CC(C)N1CCC2(C=C(c3ccccc3)c3ccccc32)CC1. The van der Waals surface area contributed by atoms with Crippen molar-refractivity contribution in [2.75, 3.05) is 13.1 Å². The number of piperidine rings is 1. The summed E-state index contributed by atoms with van der Waals surface area (Å²) in [6, 6.07) is 20.6. The Morgan fingerprint density at radius 1 is 0.870 bits per heavy atom. The van der Waals surface area contributed by atoms with Gasteiger partial charge in [0.15, 0.2) is 0 Å². The minimum atomic E-state index is 0.243. The van der Waals surface area contributed by atoms with Gasteiger partial charge in [-0.2, -0.15) is 0 Å². The molecule has 1 spiro atoms. The van der Waals surface area contributed by atoms with Gasteiger partial charge in [-0.15, -0.1) is 0 Å². The molecule has 0 bridgehead atoms. The van der Waals surface area contributed by atoms with Crippen LogP contribution in [0.15, 0.2) is 60.7 Å². The van der Waals surface area contributed by atoms with Crippen LogP contribution in [0.5, 0.6) is 0 Å². The average Bonchev–Trinajstić information content (AvgIpc) is 2.91. The molecule has 1 fully saturated rings. The van der Waals surface area contributed by atoms with E-state index in [2.05, 4.69) is 79.4 Å². The van der Waals surface area contributed by atoms with Crippen molar-refractivity contribution in [3.8, 4) is 0 Å². The summed E-state index contributed by atoms with van der Waals surface area (Å²) in [6.45, 7) is 7.02. The molecule has 1 heterocycles. The largest absolute Gasteiger partial charge is 0.301 e. The zero-order valence-corrected chi connectivity index (χ0v) is 14.1. The molecule has 1 aliphatic heterocycles. The first kappa shape index (κ1) is 14.7. The molecule has 0 saturated carbocycles. The van der Waals surface area contributed by atoms with Crippen LogP contribution in [0, 0.1) is 0 Å². The Bertz CT molecular complexity index is 719. The van der Waals surface area contributed by atoms with Gasteiger partial charge in [0, 0.05) is 11.5 Å². The molecule has 1 nitrogen and oxygen atoms in total. The van der Waals surface area contributed by atoms with Crippen molar-refractivity contribution < 1.29 is 0 Å². The standard InChI is InChI=1S/C22H25N/c1-17(2)23-14-12-22(13-15-23)16-20(18-8-4-3-5-9-18)19-10-6-7-11-21(19)22/h3-11,16-17H,12-15H2,1-2H3. The molecule has 2 aromatic rings. The van der Waals surface area contributed by atoms with E-state index in [9.17, 15) is 0 Å². The zero-order valence-electron chi connectivity index (χ0n) is 14.1. The molecule has 0 aromatic heterocycles. The van der Waals surface area contributed by atoms with E-state index < -0.39 is 0 Å². The number of hydrogen-bond donors (Lipinski definition) is 0. The van der Waals surface area contributed by atoms with Crippen LogP contribution in [0.25, 0.3) is 5.57 Å². The van der Waals surface area contributed by atoms with E-state index in [-0.39, 0.29) is 5.41 Å². The molecule has 4 rings (SSSR count). The first-order chi connectivity index (χ1) is 11.2. The number of rotatable bonds is 2. The molecule has 0 unspecified atom stereocenters. The van der Waals surface area contributed by atoms with Gasteiger partial charge in [0.05, 0.1) is 0 Å². The lowest BCUT2D eigenvalue weighted by molar-refractivity contribution is 0.149. The van der Waals surface area contributed by atoms with Crippen molar-refractivity contribution in [3.63, 3.8) is 0 Å². The molecule has 1 aliphatic carbocycles. The number of likely N-dealkylation sites (tertiary alicyclic amines) is 1. The van der Waals surface area contributed by atoms with Crippen molar-refractivity contribution in [1.29, 1.82) is 0 Å².